The van der Waals surface area contributed by atoms with Crippen LogP contribution >= 0.6 is 0 Å². The quantitative estimate of drug-likeness (QED) is 0.448. The number of ketones is 1. The molecule has 16 heavy (non-hydrogen) atoms. The molecule has 0 radical (unpaired) electrons. The molecule has 0 atom stereocenters. The van der Waals surface area contributed by atoms with Crippen LogP contribution < -0.4 is 0 Å². The topological polar surface area (TPSA) is 60.2 Å². The lowest BCUT2D eigenvalue weighted by atomic mass is 10.0. The standard InChI is InChI=1S/C12H9NO3/c14-12(8-13(15)16)11-6-5-9-3-1-2-4-10(9)7-11/h1-7H,8H2. The number of benzene rings is 2. The van der Waals surface area contributed by atoms with Crippen molar-refractivity contribution in [3.05, 3.63) is 58.1 Å². The molecule has 0 spiro atoms. The highest BCUT2D eigenvalue weighted by atomic mass is 16.6. The van der Waals surface area contributed by atoms with E-state index in [0.29, 0.717) is 5.56 Å². The van der Waals surface area contributed by atoms with Gasteiger partial charge >= 0.3 is 0 Å². The summed E-state index contributed by atoms with van der Waals surface area (Å²) >= 11 is 0. The summed E-state index contributed by atoms with van der Waals surface area (Å²) in [5.74, 6) is -0.462. The molecule has 2 rings (SSSR count). The van der Waals surface area contributed by atoms with Crippen LogP contribution in [0.3, 0.4) is 0 Å². The van der Waals surface area contributed by atoms with Crippen molar-refractivity contribution in [2.75, 3.05) is 6.54 Å². The van der Waals surface area contributed by atoms with E-state index >= 15 is 0 Å². The zero-order chi connectivity index (χ0) is 11.5. The molecular weight excluding hydrogens is 206 g/mol. The van der Waals surface area contributed by atoms with Gasteiger partial charge in [0.15, 0.2) is 0 Å². The highest BCUT2D eigenvalue weighted by molar-refractivity contribution is 6.00. The molecule has 0 unspecified atom stereocenters. The summed E-state index contributed by atoms with van der Waals surface area (Å²) in [7, 11) is 0. The van der Waals surface area contributed by atoms with Crippen LogP contribution in [0.25, 0.3) is 10.8 Å². The Balaban J connectivity index is 2.39. The van der Waals surface area contributed by atoms with E-state index in [1.807, 2.05) is 24.3 Å². The number of fused-ring (bicyclic) bond motifs is 1. The van der Waals surface area contributed by atoms with E-state index in [1.54, 1.807) is 18.2 Å². The summed E-state index contributed by atoms with van der Waals surface area (Å²) in [5, 5.41) is 12.2. The molecule has 4 nitrogen and oxygen atoms in total. The maximum absolute atomic E-state index is 11.5. The Labute approximate surface area is 91.7 Å². The van der Waals surface area contributed by atoms with Crippen LogP contribution in [-0.2, 0) is 0 Å². The first kappa shape index (κ1) is 10.3. The molecule has 0 amide bonds. The second kappa shape index (κ2) is 4.10. The van der Waals surface area contributed by atoms with Gasteiger partial charge < -0.3 is 0 Å². The van der Waals surface area contributed by atoms with Gasteiger partial charge in [-0.2, -0.15) is 0 Å². The molecule has 0 aromatic heterocycles. The summed E-state index contributed by atoms with van der Waals surface area (Å²) in [6.07, 6.45) is 0. The largest absolute Gasteiger partial charge is 0.287 e. The second-order valence-electron chi connectivity index (χ2n) is 3.48. The fourth-order valence-electron chi connectivity index (χ4n) is 1.57. The molecule has 0 aliphatic heterocycles. The third-order valence-corrected chi connectivity index (χ3v) is 2.34. The van der Waals surface area contributed by atoms with Crippen molar-refractivity contribution in [3.8, 4) is 0 Å². The summed E-state index contributed by atoms with van der Waals surface area (Å²) < 4.78 is 0. The normalized spacial score (nSPS) is 10.2. The molecule has 0 bridgehead atoms. The highest BCUT2D eigenvalue weighted by Crippen LogP contribution is 2.15. The van der Waals surface area contributed by atoms with Gasteiger partial charge in [-0.1, -0.05) is 36.4 Å². The number of nitro groups is 1. The molecule has 4 heteroatoms. The number of Topliss-reactive ketones (excluding diaryl/α,β-unsaturated/α-hetero) is 1. The van der Waals surface area contributed by atoms with Crippen LogP contribution in [0.2, 0.25) is 0 Å². The molecule has 0 saturated carbocycles. The van der Waals surface area contributed by atoms with Gasteiger partial charge in [0, 0.05) is 10.5 Å². The van der Waals surface area contributed by atoms with E-state index < -0.39 is 17.3 Å². The van der Waals surface area contributed by atoms with Crippen molar-refractivity contribution in [3.63, 3.8) is 0 Å². The van der Waals surface area contributed by atoms with Crippen molar-refractivity contribution in [1.82, 2.24) is 0 Å². The van der Waals surface area contributed by atoms with E-state index in [0.717, 1.165) is 10.8 Å². The van der Waals surface area contributed by atoms with Gasteiger partial charge in [0.2, 0.25) is 5.78 Å². The number of hydrogen-bond acceptors (Lipinski definition) is 3. The molecular formula is C12H9NO3. The Bertz CT molecular complexity index is 563. The molecule has 0 aliphatic carbocycles. The summed E-state index contributed by atoms with van der Waals surface area (Å²) in [6.45, 7) is -0.654. The maximum atomic E-state index is 11.5. The van der Waals surface area contributed by atoms with E-state index in [1.165, 1.54) is 0 Å². The summed E-state index contributed by atoms with van der Waals surface area (Å²) in [4.78, 5) is 21.1. The Morgan fingerprint density at radius 1 is 1.12 bits per heavy atom. The van der Waals surface area contributed by atoms with Gasteiger partial charge in [-0.05, 0) is 16.8 Å². The lowest BCUT2D eigenvalue weighted by Gasteiger charge is -2.00. The molecule has 0 heterocycles. The number of carbonyl (C=O) groups is 1. The van der Waals surface area contributed by atoms with Crippen molar-refractivity contribution < 1.29 is 9.72 Å². The summed E-state index contributed by atoms with van der Waals surface area (Å²) in [6, 6.07) is 12.7. The zero-order valence-electron chi connectivity index (χ0n) is 8.42. The van der Waals surface area contributed by atoms with Gasteiger partial charge in [0.1, 0.15) is 0 Å². The third kappa shape index (κ3) is 2.06. The molecule has 0 fully saturated rings. The molecule has 0 aliphatic rings. The van der Waals surface area contributed by atoms with E-state index in [2.05, 4.69) is 0 Å². The van der Waals surface area contributed by atoms with Crippen molar-refractivity contribution in [1.29, 1.82) is 0 Å². The Morgan fingerprint density at radius 3 is 2.50 bits per heavy atom. The molecule has 2 aromatic rings. The predicted octanol–water partition coefficient (Wildman–Crippen LogP) is 2.30. The van der Waals surface area contributed by atoms with Gasteiger partial charge in [0.05, 0.1) is 0 Å². The number of hydrogen-bond donors (Lipinski definition) is 0. The van der Waals surface area contributed by atoms with Crippen LogP contribution in [0.4, 0.5) is 0 Å². The minimum absolute atomic E-state index is 0.385. The van der Waals surface area contributed by atoms with Crippen molar-refractivity contribution >= 4 is 16.6 Å². The minimum Gasteiger partial charge on any atom is -0.287 e. The van der Waals surface area contributed by atoms with Crippen LogP contribution in [0, 0.1) is 10.1 Å². The number of nitrogens with zero attached hydrogens (tertiary/aromatic N) is 1. The lowest BCUT2D eigenvalue weighted by molar-refractivity contribution is -0.465. The lowest BCUT2D eigenvalue weighted by Crippen LogP contribution is -2.13. The molecule has 0 saturated heterocycles. The Morgan fingerprint density at radius 2 is 1.81 bits per heavy atom. The zero-order valence-corrected chi connectivity index (χ0v) is 8.42. The first-order valence-electron chi connectivity index (χ1n) is 4.80. The fraction of sp³-hybridized carbons (Fsp3) is 0.0833. The van der Waals surface area contributed by atoms with Gasteiger partial charge in [-0.3, -0.25) is 14.9 Å². The van der Waals surface area contributed by atoms with E-state index in [9.17, 15) is 14.9 Å². The van der Waals surface area contributed by atoms with Gasteiger partial charge in [-0.25, -0.2) is 0 Å². The van der Waals surface area contributed by atoms with Gasteiger partial charge in [0.25, 0.3) is 6.54 Å². The van der Waals surface area contributed by atoms with Crippen LogP contribution in [0.5, 0.6) is 0 Å². The summed E-state index contributed by atoms with van der Waals surface area (Å²) in [5.41, 5.74) is 0.385. The van der Waals surface area contributed by atoms with Gasteiger partial charge in [-0.15, -0.1) is 0 Å². The minimum atomic E-state index is -0.654. The molecule has 80 valence electrons. The number of carbonyl (C=O) groups excluding carboxylic acids is 1. The average Bonchev–Trinajstić information content (AvgIpc) is 2.27. The first-order chi connectivity index (χ1) is 7.66. The van der Waals surface area contributed by atoms with Crippen LogP contribution in [0.15, 0.2) is 42.5 Å². The highest BCUT2D eigenvalue weighted by Gasteiger charge is 2.12. The van der Waals surface area contributed by atoms with E-state index in [-0.39, 0.29) is 0 Å². The van der Waals surface area contributed by atoms with Crippen LogP contribution in [-0.4, -0.2) is 17.3 Å². The SMILES string of the molecule is O=C(C[N+](=O)[O-])c1ccc2ccccc2c1. The fourth-order valence-corrected chi connectivity index (χ4v) is 1.57. The Kier molecular flexibility index (Phi) is 2.64. The smallest absolute Gasteiger partial charge is 0.265 e. The second-order valence-corrected chi connectivity index (χ2v) is 3.48. The molecule has 2 aromatic carbocycles. The van der Waals surface area contributed by atoms with Crippen LogP contribution in [0.1, 0.15) is 10.4 Å². The third-order valence-electron chi connectivity index (χ3n) is 2.34. The first-order valence-corrected chi connectivity index (χ1v) is 4.80. The van der Waals surface area contributed by atoms with Crippen molar-refractivity contribution in [2.45, 2.75) is 0 Å². The monoisotopic (exact) mass is 215 g/mol. The van der Waals surface area contributed by atoms with Crippen molar-refractivity contribution in [2.24, 2.45) is 0 Å². The average molecular weight is 215 g/mol. The molecule has 0 N–H and O–H groups in total. The predicted molar refractivity (Wildman–Crippen MR) is 60.1 cm³/mol. The number of rotatable bonds is 3. The van der Waals surface area contributed by atoms with E-state index in [4.69, 9.17) is 0 Å². The Hall–Kier alpha value is -2.23. The maximum Gasteiger partial charge on any atom is 0.265 e.